The molecule has 1 heterocycles. The fraction of sp³-hybridized carbons (Fsp3) is 0.278. The maximum absolute atomic E-state index is 13.2. The number of carbonyl (C=O) groups is 1. The number of piperazine rings is 1. The molecule has 1 saturated heterocycles. The molecular weight excluding hydrogens is 317 g/mol. The Morgan fingerprint density at radius 2 is 1.29 bits per heavy atom. The highest BCUT2D eigenvalue weighted by molar-refractivity contribution is 5.84. The Labute approximate surface area is 138 Å². The Kier molecular flexibility index (Phi) is 4.46. The first kappa shape index (κ1) is 16.4. The van der Waals surface area contributed by atoms with Crippen molar-refractivity contribution in [3.8, 4) is 0 Å². The van der Waals surface area contributed by atoms with Crippen molar-refractivity contribution < 1.29 is 18.0 Å². The van der Waals surface area contributed by atoms with E-state index < -0.39 is 11.7 Å². The summed E-state index contributed by atoms with van der Waals surface area (Å²) in [6.45, 7) is 2.08. The molecule has 0 unspecified atom stereocenters. The van der Waals surface area contributed by atoms with Crippen molar-refractivity contribution in [1.82, 2.24) is 0 Å². The Morgan fingerprint density at radius 3 is 1.88 bits per heavy atom. The molecule has 2 aromatic carbocycles. The predicted octanol–water partition coefficient (Wildman–Crippen LogP) is 3.84. The summed E-state index contributed by atoms with van der Waals surface area (Å²) in [5, 5.41) is 0. The van der Waals surface area contributed by atoms with Gasteiger partial charge in [0.25, 0.3) is 0 Å². The van der Waals surface area contributed by atoms with Crippen LogP contribution in [0, 0.1) is 0 Å². The van der Waals surface area contributed by atoms with E-state index in [4.69, 9.17) is 0 Å². The highest BCUT2D eigenvalue weighted by atomic mass is 19.4. The largest absolute Gasteiger partial charge is 0.418 e. The van der Waals surface area contributed by atoms with Crippen molar-refractivity contribution in [2.24, 2.45) is 0 Å². The highest BCUT2D eigenvalue weighted by Gasteiger charge is 2.35. The van der Waals surface area contributed by atoms with E-state index in [1.54, 1.807) is 23.1 Å². The zero-order valence-corrected chi connectivity index (χ0v) is 13.0. The molecule has 0 radical (unpaired) electrons. The normalized spacial score (nSPS) is 15.5. The molecule has 0 bridgehead atoms. The molecule has 0 atom stereocenters. The van der Waals surface area contributed by atoms with E-state index in [1.165, 1.54) is 12.1 Å². The van der Waals surface area contributed by atoms with Gasteiger partial charge in [-0.2, -0.15) is 13.2 Å². The summed E-state index contributed by atoms with van der Waals surface area (Å²) in [6, 6.07) is 12.9. The van der Waals surface area contributed by atoms with Gasteiger partial charge in [-0.05, 0) is 24.3 Å². The van der Waals surface area contributed by atoms with E-state index in [9.17, 15) is 18.0 Å². The molecule has 0 N–H and O–H groups in total. The van der Waals surface area contributed by atoms with Crippen LogP contribution in [0.4, 0.5) is 24.5 Å². The molecule has 6 heteroatoms. The lowest BCUT2D eigenvalue weighted by atomic mass is 10.1. The minimum absolute atomic E-state index is 0.216. The van der Waals surface area contributed by atoms with E-state index >= 15 is 0 Å². The van der Waals surface area contributed by atoms with Crippen LogP contribution in [-0.4, -0.2) is 32.5 Å². The summed E-state index contributed by atoms with van der Waals surface area (Å²) in [5.74, 6) is 0. The summed E-state index contributed by atoms with van der Waals surface area (Å²) in [5.41, 5.74) is 1.04. The number of alkyl halides is 3. The molecule has 0 aliphatic carbocycles. The van der Waals surface area contributed by atoms with Gasteiger partial charge in [0, 0.05) is 43.1 Å². The number of carbonyl (C=O) groups excluding carboxylic acids is 1. The molecule has 0 aromatic heterocycles. The van der Waals surface area contributed by atoms with Crippen molar-refractivity contribution in [1.29, 1.82) is 0 Å². The zero-order chi connectivity index (χ0) is 17.2. The number of nitrogens with zero attached hydrogens (tertiary/aromatic N) is 2. The number of aldehydes is 1. The molecule has 3 nitrogen and oxygen atoms in total. The SMILES string of the molecule is O=Cc1ccccc1N1CCN(c2ccccc2C(F)(F)F)CC1. The molecule has 3 rings (SSSR count). The molecule has 2 aromatic rings. The van der Waals surface area contributed by atoms with Crippen molar-refractivity contribution in [2.75, 3.05) is 36.0 Å². The van der Waals surface area contributed by atoms with E-state index in [0.717, 1.165) is 18.0 Å². The lowest BCUT2D eigenvalue weighted by molar-refractivity contribution is -0.137. The van der Waals surface area contributed by atoms with Gasteiger partial charge in [-0.3, -0.25) is 4.79 Å². The average molecular weight is 334 g/mol. The quantitative estimate of drug-likeness (QED) is 0.797. The van der Waals surface area contributed by atoms with Gasteiger partial charge in [0.15, 0.2) is 6.29 Å². The van der Waals surface area contributed by atoms with Crippen LogP contribution in [0.15, 0.2) is 48.5 Å². The van der Waals surface area contributed by atoms with Crippen molar-refractivity contribution in [2.45, 2.75) is 6.18 Å². The summed E-state index contributed by atoms with van der Waals surface area (Å²) in [6.07, 6.45) is -3.56. The van der Waals surface area contributed by atoms with Gasteiger partial charge in [-0.25, -0.2) is 0 Å². The van der Waals surface area contributed by atoms with Crippen molar-refractivity contribution in [3.63, 3.8) is 0 Å². The van der Waals surface area contributed by atoms with Crippen LogP contribution in [0.2, 0.25) is 0 Å². The van der Waals surface area contributed by atoms with Gasteiger partial charge < -0.3 is 9.80 Å². The molecule has 1 fully saturated rings. The summed E-state index contributed by atoms with van der Waals surface area (Å²) >= 11 is 0. The number of rotatable bonds is 3. The fourth-order valence-electron chi connectivity index (χ4n) is 3.05. The molecule has 1 aliphatic rings. The standard InChI is InChI=1S/C18H17F3N2O/c19-18(20,21)15-6-2-4-8-17(15)23-11-9-22(10-12-23)16-7-3-1-5-14(16)13-24/h1-8,13H,9-12H2. The minimum Gasteiger partial charge on any atom is -0.367 e. The third-order valence-electron chi connectivity index (χ3n) is 4.23. The number of para-hydroxylation sites is 2. The lowest BCUT2D eigenvalue weighted by Crippen LogP contribution is -2.47. The van der Waals surface area contributed by atoms with Crippen molar-refractivity contribution in [3.05, 3.63) is 59.7 Å². The summed E-state index contributed by atoms with van der Waals surface area (Å²) in [7, 11) is 0. The Balaban J connectivity index is 1.78. The number of anilines is 2. The van der Waals surface area contributed by atoms with Gasteiger partial charge >= 0.3 is 6.18 Å². The number of halogens is 3. The van der Waals surface area contributed by atoms with Crippen LogP contribution in [0.25, 0.3) is 0 Å². The van der Waals surface area contributed by atoms with Crippen LogP contribution in [0.1, 0.15) is 15.9 Å². The van der Waals surface area contributed by atoms with Crippen molar-refractivity contribution >= 4 is 17.7 Å². The molecule has 0 saturated carbocycles. The Hall–Kier alpha value is -2.50. The Bertz CT molecular complexity index is 722. The first-order valence-corrected chi connectivity index (χ1v) is 7.71. The second-order valence-electron chi connectivity index (χ2n) is 5.67. The maximum Gasteiger partial charge on any atom is 0.418 e. The molecule has 0 spiro atoms. The number of hydrogen-bond donors (Lipinski definition) is 0. The lowest BCUT2D eigenvalue weighted by Gasteiger charge is -2.38. The number of benzene rings is 2. The zero-order valence-electron chi connectivity index (χ0n) is 13.0. The molecule has 0 amide bonds. The van der Waals surface area contributed by atoms with E-state index in [2.05, 4.69) is 0 Å². The maximum atomic E-state index is 13.2. The van der Waals surface area contributed by atoms with Crippen LogP contribution >= 0.6 is 0 Å². The predicted molar refractivity (Wildman–Crippen MR) is 87.7 cm³/mol. The molecule has 126 valence electrons. The molecular formula is C18H17F3N2O. The van der Waals surface area contributed by atoms with Gasteiger partial charge in [-0.1, -0.05) is 24.3 Å². The average Bonchev–Trinajstić information content (AvgIpc) is 2.61. The highest BCUT2D eigenvalue weighted by Crippen LogP contribution is 2.37. The van der Waals surface area contributed by atoms with Crippen LogP contribution in [0.5, 0.6) is 0 Å². The Morgan fingerprint density at radius 1 is 0.792 bits per heavy atom. The van der Waals surface area contributed by atoms with Gasteiger partial charge in [0.05, 0.1) is 5.56 Å². The van der Waals surface area contributed by atoms with E-state index in [1.807, 2.05) is 17.0 Å². The number of hydrogen-bond acceptors (Lipinski definition) is 3. The second-order valence-corrected chi connectivity index (χ2v) is 5.67. The summed E-state index contributed by atoms with van der Waals surface area (Å²) in [4.78, 5) is 14.9. The van der Waals surface area contributed by atoms with E-state index in [-0.39, 0.29) is 5.69 Å². The summed E-state index contributed by atoms with van der Waals surface area (Å²) < 4.78 is 39.5. The topological polar surface area (TPSA) is 23.6 Å². The van der Waals surface area contributed by atoms with Crippen LogP contribution in [0.3, 0.4) is 0 Å². The third kappa shape index (κ3) is 3.22. The third-order valence-corrected chi connectivity index (χ3v) is 4.23. The van der Waals surface area contributed by atoms with Gasteiger partial charge in [0.1, 0.15) is 0 Å². The molecule has 24 heavy (non-hydrogen) atoms. The van der Waals surface area contributed by atoms with Gasteiger partial charge in [0.2, 0.25) is 0 Å². The molecule has 1 aliphatic heterocycles. The minimum atomic E-state index is -4.36. The first-order chi connectivity index (χ1) is 11.5. The van der Waals surface area contributed by atoms with E-state index in [0.29, 0.717) is 31.7 Å². The van der Waals surface area contributed by atoms with Crippen LogP contribution < -0.4 is 9.80 Å². The smallest absolute Gasteiger partial charge is 0.367 e. The second kappa shape index (κ2) is 6.55. The van der Waals surface area contributed by atoms with Gasteiger partial charge in [-0.15, -0.1) is 0 Å². The van der Waals surface area contributed by atoms with Crippen LogP contribution in [-0.2, 0) is 6.18 Å². The monoisotopic (exact) mass is 334 g/mol. The fourth-order valence-corrected chi connectivity index (χ4v) is 3.05. The first-order valence-electron chi connectivity index (χ1n) is 7.71.